The number of halogens is 5. The second kappa shape index (κ2) is 7.25. The summed E-state index contributed by atoms with van der Waals surface area (Å²) in [6, 6.07) is -0.974. The average Bonchev–Trinajstić information content (AvgIpc) is 2.43. The Kier molecular flexibility index (Phi) is 5.96. The Morgan fingerprint density at radius 3 is 1.95 bits per heavy atom. The average molecular weight is 291 g/mol. The van der Waals surface area contributed by atoms with Crippen molar-refractivity contribution in [1.29, 1.82) is 0 Å². The van der Waals surface area contributed by atoms with Gasteiger partial charge < -0.3 is 5.32 Å². The molecule has 0 heterocycles. The summed E-state index contributed by atoms with van der Waals surface area (Å²) in [5.74, 6) is -7.26. The number of terminal acetylenes is 1. The van der Waals surface area contributed by atoms with Gasteiger partial charge in [-0.2, -0.15) is 0 Å². The number of unbranched alkanes of at least 4 members (excludes halogenated alkanes) is 1. The molecule has 0 spiro atoms. The van der Waals surface area contributed by atoms with Crippen LogP contribution in [0.15, 0.2) is 0 Å². The van der Waals surface area contributed by atoms with E-state index >= 15 is 0 Å². The zero-order valence-electron chi connectivity index (χ0n) is 10.9. The molecule has 110 valence electrons. The van der Waals surface area contributed by atoms with Crippen LogP contribution in [-0.4, -0.2) is 6.54 Å². The van der Waals surface area contributed by atoms with E-state index in [-0.39, 0.29) is 6.42 Å². The predicted octanol–water partition coefficient (Wildman–Crippen LogP) is 3.84. The van der Waals surface area contributed by atoms with Crippen molar-refractivity contribution in [2.24, 2.45) is 0 Å². The molecule has 0 amide bonds. The van der Waals surface area contributed by atoms with Gasteiger partial charge in [-0.1, -0.05) is 6.92 Å². The molecule has 1 unspecified atom stereocenters. The van der Waals surface area contributed by atoms with Crippen LogP contribution < -0.4 is 5.32 Å². The largest absolute Gasteiger partial charge is 0.310 e. The number of hydrogen-bond donors (Lipinski definition) is 1. The van der Waals surface area contributed by atoms with Gasteiger partial charge in [0.15, 0.2) is 23.3 Å². The predicted molar refractivity (Wildman–Crippen MR) is 65.3 cm³/mol. The molecule has 1 aromatic carbocycles. The molecule has 0 aromatic heterocycles. The maximum atomic E-state index is 13.7. The maximum absolute atomic E-state index is 13.7. The highest BCUT2D eigenvalue weighted by atomic mass is 19.2. The van der Waals surface area contributed by atoms with E-state index in [1.54, 1.807) is 6.92 Å². The van der Waals surface area contributed by atoms with Crippen molar-refractivity contribution in [3.05, 3.63) is 34.6 Å². The second-order valence-corrected chi connectivity index (χ2v) is 4.19. The van der Waals surface area contributed by atoms with Crippen molar-refractivity contribution < 1.29 is 22.0 Å². The minimum atomic E-state index is -2.15. The van der Waals surface area contributed by atoms with Gasteiger partial charge in [-0.05, 0) is 19.4 Å². The van der Waals surface area contributed by atoms with Crippen LogP contribution in [0.5, 0.6) is 0 Å². The highest BCUT2D eigenvalue weighted by Gasteiger charge is 2.29. The van der Waals surface area contributed by atoms with Crippen LogP contribution in [0.2, 0.25) is 0 Å². The maximum Gasteiger partial charge on any atom is 0.200 e. The van der Waals surface area contributed by atoms with E-state index in [4.69, 9.17) is 6.42 Å². The normalized spacial score (nSPS) is 12.2. The third-order valence-corrected chi connectivity index (χ3v) is 2.86. The van der Waals surface area contributed by atoms with Gasteiger partial charge in [-0.15, -0.1) is 12.3 Å². The van der Waals surface area contributed by atoms with Crippen molar-refractivity contribution in [2.45, 2.75) is 32.2 Å². The zero-order chi connectivity index (χ0) is 15.3. The van der Waals surface area contributed by atoms with Crippen molar-refractivity contribution in [3.8, 4) is 12.3 Å². The Balaban J connectivity index is 3.22. The van der Waals surface area contributed by atoms with Gasteiger partial charge >= 0.3 is 0 Å². The first-order valence-corrected chi connectivity index (χ1v) is 6.13. The van der Waals surface area contributed by atoms with E-state index < -0.39 is 40.7 Å². The molecule has 0 aliphatic rings. The Morgan fingerprint density at radius 1 is 1.00 bits per heavy atom. The lowest BCUT2D eigenvalue weighted by Crippen LogP contribution is -2.24. The first-order chi connectivity index (χ1) is 9.45. The number of hydrogen-bond acceptors (Lipinski definition) is 1. The summed E-state index contributed by atoms with van der Waals surface area (Å²) in [5.41, 5.74) is -0.833. The molecule has 1 nitrogen and oxygen atoms in total. The summed E-state index contributed by atoms with van der Waals surface area (Å²) < 4.78 is 66.7. The van der Waals surface area contributed by atoms with Crippen molar-refractivity contribution in [1.82, 2.24) is 5.32 Å². The van der Waals surface area contributed by atoms with Crippen molar-refractivity contribution in [2.75, 3.05) is 6.54 Å². The Bertz CT molecular complexity index is 492. The van der Waals surface area contributed by atoms with Gasteiger partial charge in [0.25, 0.3) is 0 Å². The summed E-state index contributed by atoms with van der Waals surface area (Å²) in [6.45, 7) is 1.99. The molecule has 20 heavy (non-hydrogen) atoms. The third-order valence-electron chi connectivity index (χ3n) is 2.86. The third kappa shape index (κ3) is 3.28. The van der Waals surface area contributed by atoms with Crippen molar-refractivity contribution in [3.63, 3.8) is 0 Å². The van der Waals surface area contributed by atoms with Gasteiger partial charge in [0, 0.05) is 18.0 Å². The molecule has 0 saturated carbocycles. The number of rotatable bonds is 6. The smallest absolute Gasteiger partial charge is 0.200 e. The van der Waals surface area contributed by atoms with E-state index in [0.717, 1.165) is 0 Å². The van der Waals surface area contributed by atoms with Crippen LogP contribution in [0.4, 0.5) is 22.0 Å². The van der Waals surface area contributed by atoms with Crippen LogP contribution in [0, 0.1) is 41.4 Å². The fourth-order valence-corrected chi connectivity index (χ4v) is 1.93. The van der Waals surface area contributed by atoms with Gasteiger partial charge in [-0.3, -0.25) is 0 Å². The first-order valence-electron chi connectivity index (χ1n) is 6.13. The fourth-order valence-electron chi connectivity index (χ4n) is 1.93. The lowest BCUT2D eigenvalue weighted by molar-refractivity contribution is 0.352. The number of benzene rings is 1. The van der Waals surface area contributed by atoms with Crippen LogP contribution in [-0.2, 0) is 0 Å². The van der Waals surface area contributed by atoms with Gasteiger partial charge in [0.05, 0.1) is 0 Å². The minimum Gasteiger partial charge on any atom is -0.310 e. The summed E-state index contributed by atoms with van der Waals surface area (Å²) in [5, 5.41) is 2.71. The van der Waals surface area contributed by atoms with Crippen LogP contribution >= 0.6 is 0 Å². The monoisotopic (exact) mass is 291 g/mol. The van der Waals surface area contributed by atoms with E-state index in [0.29, 0.717) is 19.4 Å². The molecule has 1 N–H and O–H groups in total. The van der Waals surface area contributed by atoms with E-state index in [2.05, 4.69) is 11.2 Å². The minimum absolute atomic E-state index is 0.177. The van der Waals surface area contributed by atoms with E-state index in [9.17, 15) is 22.0 Å². The lowest BCUT2D eigenvalue weighted by Gasteiger charge is -2.20. The Labute approximate surface area is 114 Å². The summed E-state index contributed by atoms with van der Waals surface area (Å²) in [7, 11) is 0. The van der Waals surface area contributed by atoms with E-state index in [1.807, 2.05) is 0 Å². The Hall–Kier alpha value is -1.61. The van der Waals surface area contributed by atoms with Gasteiger partial charge in [0.1, 0.15) is 0 Å². The molecule has 0 aliphatic heterocycles. The zero-order valence-corrected chi connectivity index (χ0v) is 10.9. The molecule has 0 bridgehead atoms. The van der Waals surface area contributed by atoms with Gasteiger partial charge in [0.2, 0.25) is 5.82 Å². The molecule has 1 rings (SSSR count). The molecule has 0 saturated heterocycles. The first kappa shape index (κ1) is 16.4. The molecule has 1 aromatic rings. The molecule has 0 radical (unpaired) electrons. The molecular formula is C14H14F5N. The summed E-state index contributed by atoms with van der Waals surface area (Å²) >= 11 is 0. The van der Waals surface area contributed by atoms with Crippen LogP contribution in [0.1, 0.15) is 37.8 Å². The lowest BCUT2D eigenvalue weighted by atomic mass is 9.99. The molecule has 1 atom stereocenters. The van der Waals surface area contributed by atoms with Gasteiger partial charge in [-0.25, -0.2) is 22.0 Å². The fraction of sp³-hybridized carbons (Fsp3) is 0.429. The highest BCUT2D eigenvalue weighted by Crippen LogP contribution is 2.30. The quantitative estimate of drug-likeness (QED) is 0.276. The summed E-state index contributed by atoms with van der Waals surface area (Å²) in [6.07, 6.45) is 6.01. The van der Waals surface area contributed by atoms with Crippen LogP contribution in [0.3, 0.4) is 0 Å². The summed E-state index contributed by atoms with van der Waals surface area (Å²) in [4.78, 5) is 0. The SMILES string of the molecule is C#CCCCC(NCC)c1c(F)c(F)c(F)c(F)c1F. The molecular weight excluding hydrogens is 277 g/mol. The molecule has 0 fully saturated rings. The molecule has 6 heteroatoms. The van der Waals surface area contributed by atoms with E-state index in [1.165, 1.54) is 0 Å². The topological polar surface area (TPSA) is 12.0 Å². The molecule has 0 aliphatic carbocycles. The Morgan fingerprint density at radius 2 is 1.50 bits per heavy atom. The van der Waals surface area contributed by atoms with Crippen LogP contribution in [0.25, 0.3) is 0 Å². The second-order valence-electron chi connectivity index (χ2n) is 4.19. The van der Waals surface area contributed by atoms with Crippen molar-refractivity contribution >= 4 is 0 Å². The standard InChI is InChI=1S/C14H14F5N/c1-3-5-6-7-8(20-4-2)9-10(15)12(17)14(19)13(18)11(9)16/h1,8,20H,4-7H2,2H3. The highest BCUT2D eigenvalue weighted by molar-refractivity contribution is 5.27. The number of nitrogens with one attached hydrogen (secondary N) is 1.